The molecule has 1 aromatic rings. The van der Waals surface area contributed by atoms with Gasteiger partial charge in [0, 0.05) is 25.7 Å². The normalized spacial score (nSPS) is 19.6. The average molecular weight is 266 g/mol. The molecule has 19 heavy (non-hydrogen) atoms. The Bertz CT molecular complexity index is 479. The van der Waals surface area contributed by atoms with Gasteiger partial charge in [0.2, 0.25) is 0 Å². The number of aromatic hydroxyl groups is 1. The zero-order valence-corrected chi connectivity index (χ0v) is 11.3. The summed E-state index contributed by atoms with van der Waals surface area (Å²) >= 11 is 0. The monoisotopic (exact) mass is 266 g/mol. The maximum absolute atomic E-state index is 12.9. The predicted octanol–water partition coefficient (Wildman–Crippen LogP) is 1.70. The maximum atomic E-state index is 12.9. The molecule has 4 nitrogen and oxygen atoms in total. The second-order valence-corrected chi connectivity index (χ2v) is 5.12. The second-order valence-electron chi connectivity index (χ2n) is 5.12. The summed E-state index contributed by atoms with van der Waals surface area (Å²) in [5.41, 5.74) is 0.143. The van der Waals surface area contributed by atoms with Crippen LogP contribution in [0.4, 0.5) is 4.39 Å². The van der Waals surface area contributed by atoms with Crippen LogP contribution in [0.5, 0.6) is 5.75 Å². The molecule has 0 saturated carbocycles. The van der Waals surface area contributed by atoms with Crippen LogP contribution in [0.15, 0.2) is 18.2 Å². The number of likely N-dealkylation sites (tertiary alicyclic amines) is 1. The minimum Gasteiger partial charge on any atom is -0.507 e. The van der Waals surface area contributed by atoms with Crippen molar-refractivity contribution < 1.29 is 14.3 Å². The Morgan fingerprint density at radius 1 is 1.58 bits per heavy atom. The number of benzene rings is 1. The fraction of sp³-hybridized carbons (Fsp3) is 0.500. The van der Waals surface area contributed by atoms with Crippen molar-refractivity contribution in [2.75, 3.05) is 27.2 Å². The first-order chi connectivity index (χ1) is 8.99. The van der Waals surface area contributed by atoms with Crippen LogP contribution in [0, 0.1) is 5.82 Å². The topological polar surface area (TPSA) is 43.8 Å². The minimum atomic E-state index is -0.549. The summed E-state index contributed by atoms with van der Waals surface area (Å²) in [4.78, 5) is 16.0. The number of carbonyl (C=O) groups excluding carboxylic acids is 1. The Kier molecular flexibility index (Phi) is 4.04. The van der Waals surface area contributed by atoms with Crippen LogP contribution in [0.1, 0.15) is 23.2 Å². The number of hydrogen-bond acceptors (Lipinski definition) is 3. The molecule has 0 radical (unpaired) electrons. The Morgan fingerprint density at radius 3 is 2.89 bits per heavy atom. The van der Waals surface area contributed by atoms with E-state index in [1.165, 1.54) is 12.1 Å². The van der Waals surface area contributed by atoms with Crippen LogP contribution in [-0.2, 0) is 0 Å². The SMILES string of the molecule is CN(CC1CCCN1C)C(=O)c1ccc(F)cc1O. The smallest absolute Gasteiger partial charge is 0.257 e. The van der Waals surface area contributed by atoms with Gasteiger partial charge in [-0.3, -0.25) is 4.79 Å². The highest BCUT2D eigenvalue weighted by atomic mass is 19.1. The van der Waals surface area contributed by atoms with Gasteiger partial charge in [-0.1, -0.05) is 0 Å². The molecule has 0 bridgehead atoms. The van der Waals surface area contributed by atoms with E-state index in [9.17, 15) is 14.3 Å². The third kappa shape index (κ3) is 3.04. The van der Waals surface area contributed by atoms with Crippen molar-refractivity contribution in [3.05, 3.63) is 29.6 Å². The lowest BCUT2D eigenvalue weighted by Gasteiger charge is -2.26. The number of phenols is 1. The first kappa shape index (κ1) is 13.8. The van der Waals surface area contributed by atoms with E-state index in [0.29, 0.717) is 12.6 Å². The molecule has 0 aromatic heterocycles. The molecule has 1 saturated heterocycles. The van der Waals surface area contributed by atoms with Gasteiger partial charge in [-0.25, -0.2) is 4.39 Å². The third-order valence-corrected chi connectivity index (χ3v) is 3.69. The van der Waals surface area contributed by atoms with Gasteiger partial charge in [-0.15, -0.1) is 0 Å². The summed E-state index contributed by atoms with van der Waals surface area (Å²) in [6.07, 6.45) is 2.22. The molecule has 1 aliphatic rings. The van der Waals surface area contributed by atoms with Crippen molar-refractivity contribution in [2.45, 2.75) is 18.9 Å². The number of carbonyl (C=O) groups is 1. The summed E-state index contributed by atoms with van der Waals surface area (Å²) in [6, 6.07) is 3.82. The highest BCUT2D eigenvalue weighted by Crippen LogP contribution is 2.21. The molecule has 0 aliphatic carbocycles. The van der Waals surface area contributed by atoms with Gasteiger partial charge in [-0.05, 0) is 38.6 Å². The van der Waals surface area contributed by atoms with E-state index in [2.05, 4.69) is 4.90 Å². The quantitative estimate of drug-likeness (QED) is 0.905. The van der Waals surface area contributed by atoms with E-state index in [1.807, 2.05) is 7.05 Å². The Balaban J connectivity index is 2.06. The molecule has 5 heteroatoms. The van der Waals surface area contributed by atoms with Gasteiger partial charge in [0.25, 0.3) is 5.91 Å². The lowest BCUT2D eigenvalue weighted by atomic mass is 10.1. The predicted molar refractivity (Wildman–Crippen MR) is 70.7 cm³/mol. The highest BCUT2D eigenvalue weighted by molar-refractivity contribution is 5.96. The van der Waals surface area contributed by atoms with Crippen LogP contribution >= 0.6 is 0 Å². The fourth-order valence-corrected chi connectivity index (χ4v) is 2.50. The molecule has 1 N–H and O–H groups in total. The third-order valence-electron chi connectivity index (χ3n) is 3.69. The number of halogens is 1. The Hall–Kier alpha value is -1.62. The van der Waals surface area contributed by atoms with Gasteiger partial charge in [0.15, 0.2) is 0 Å². The molecule has 1 unspecified atom stereocenters. The Morgan fingerprint density at radius 2 is 2.32 bits per heavy atom. The molecule has 1 aromatic carbocycles. The van der Waals surface area contributed by atoms with Gasteiger partial charge in [0.05, 0.1) is 5.56 Å². The molecule has 1 amide bonds. The standard InChI is InChI=1S/C14H19FN2O2/c1-16-7-3-4-11(16)9-17(2)14(19)12-6-5-10(15)8-13(12)18/h5-6,8,11,18H,3-4,7,9H2,1-2H3. The van der Waals surface area contributed by atoms with Crippen LogP contribution < -0.4 is 0 Å². The maximum Gasteiger partial charge on any atom is 0.257 e. The van der Waals surface area contributed by atoms with Crippen molar-refractivity contribution in [3.63, 3.8) is 0 Å². The molecule has 0 spiro atoms. The van der Waals surface area contributed by atoms with Crippen LogP contribution in [-0.4, -0.2) is 54.0 Å². The molecule has 104 valence electrons. The molecular formula is C14H19FN2O2. The van der Waals surface area contributed by atoms with E-state index in [0.717, 1.165) is 25.5 Å². The van der Waals surface area contributed by atoms with Crippen molar-refractivity contribution in [1.82, 2.24) is 9.80 Å². The Labute approximate surface area is 112 Å². The molecule has 2 rings (SSSR count). The van der Waals surface area contributed by atoms with Gasteiger partial charge < -0.3 is 14.9 Å². The number of hydrogen-bond donors (Lipinski definition) is 1. The van der Waals surface area contributed by atoms with E-state index in [1.54, 1.807) is 11.9 Å². The number of rotatable bonds is 3. The molecular weight excluding hydrogens is 247 g/mol. The lowest BCUT2D eigenvalue weighted by molar-refractivity contribution is 0.0758. The van der Waals surface area contributed by atoms with Crippen molar-refractivity contribution in [3.8, 4) is 5.75 Å². The van der Waals surface area contributed by atoms with E-state index in [-0.39, 0.29) is 17.2 Å². The van der Waals surface area contributed by atoms with Crippen molar-refractivity contribution in [1.29, 1.82) is 0 Å². The van der Waals surface area contributed by atoms with E-state index in [4.69, 9.17) is 0 Å². The molecule has 1 aliphatic heterocycles. The summed E-state index contributed by atoms with van der Waals surface area (Å²) in [5, 5.41) is 9.63. The average Bonchev–Trinajstić information content (AvgIpc) is 2.74. The van der Waals surface area contributed by atoms with Crippen LogP contribution in [0.2, 0.25) is 0 Å². The summed E-state index contributed by atoms with van der Waals surface area (Å²) in [6.45, 7) is 1.67. The van der Waals surface area contributed by atoms with Gasteiger partial charge in [0.1, 0.15) is 11.6 Å². The summed E-state index contributed by atoms with van der Waals surface area (Å²) in [5.74, 6) is -1.14. The lowest BCUT2D eigenvalue weighted by Crippen LogP contribution is -2.39. The first-order valence-electron chi connectivity index (χ1n) is 6.43. The molecule has 1 fully saturated rings. The first-order valence-corrected chi connectivity index (χ1v) is 6.43. The minimum absolute atomic E-state index is 0.143. The molecule has 1 atom stereocenters. The molecule has 1 heterocycles. The highest BCUT2D eigenvalue weighted by Gasteiger charge is 2.25. The zero-order valence-electron chi connectivity index (χ0n) is 11.3. The van der Waals surface area contributed by atoms with Gasteiger partial charge >= 0.3 is 0 Å². The zero-order chi connectivity index (χ0) is 14.0. The van der Waals surface area contributed by atoms with Crippen LogP contribution in [0.25, 0.3) is 0 Å². The second kappa shape index (κ2) is 5.57. The number of amides is 1. The summed E-state index contributed by atoms with van der Waals surface area (Å²) < 4.78 is 12.9. The number of likely N-dealkylation sites (N-methyl/N-ethyl adjacent to an activating group) is 2. The van der Waals surface area contributed by atoms with Gasteiger partial charge in [-0.2, -0.15) is 0 Å². The van der Waals surface area contributed by atoms with E-state index >= 15 is 0 Å². The van der Waals surface area contributed by atoms with Crippen molar-refractivity contribution >= 4 is 5.91 Å². The van der Waals surface area contributed by atoms with E-state index < -0.39 is 5.82 Å². The number of nitrogens with zero attached hydrogens (tertiary/aromatic N) is 2. The summed E-state index contributed by atoms with van der Waals surface area (Å²) in [7, 11) is 3.75. The van der Waals surface area contributed by atoms with Crippen molar-refractivity contribution in [2.24, 2.45) is 0 Å². The van der Waals surface area contributed by atoms with Crippen LogP contribution in [0.3, 0.4) is 0 Å². The largest absolute Gasteiger partial charge is 0.507 e. The fourth-order valence-electron chi connectivity index (χ4n) is 2.50. The number of phenolic OH excluding ortho intramolecular Hbond substituents is 1.